The Kier molecular flexibility index (Phi) is 4.40. The van der Waals surface area contributed by atoms with Gasteiger partial charge in [0.15, 0.2) is 5.78 Å². The predicted molar refractivity (Wildman–Crippen MR) is 77.5 cm³/mol. The topological polar surface area (TPSA) is 46.2 Å². The quantitative estimate of drug-likeness (QED) is 0.694. The van der Waals surface area contributed by atoms with Crippen molar-refractivity contribution in [1.29, 1.82) is 0 Å². The number of anilines is 1. The van der Waals surface area contributed by atoms with Gasteiger partial charge in [-0.05, 0) is 17.2 Å². The molecule has 0 fully saturated rings. The second kappa shape index (κ2) is 6.04. The van der Waals surface area contributed by atoms with Crippen LogP contribution in [0, 0.1) is 0 Å². The molecule has 0 saturated carbocycles. The van der Waals surface area contributed by atoms with Gasteiger partial charge in [-0.3, -0.25) is 9.59 Å². The Morgan fingerprint density at radius 1 is 1.05 bits per heavy atom. The number of rotatable bonds is 4. The molecular weight excluding hydrogens is 285 g/mol. The zero-order valence-corrected chi connectivity index (χ0v) is 11.5. The number of amides is 1. The molecule has 0 radical (unpaired) electrons. The highest BCUT2D eigenvalue weighted by atomic mass is 35.5. The van der Waals surface area contributed by atoms with Crippen molar-refractivity contribution >= 4 is 40.6 Å². The third-order valence-corrected chi connectivity index (χ3v) is 3.19. The summed E-state index contributed by atoms with van der Waals surface area (Å²) in [6.45, 7) is 0. The number of nitrogens with one attached hydrogen (secondary N) is 1. The molecule has 1 amide bonds. The second-order valence-electron chi connectivity index (χ2n) is 3.95. The first-order valence-electron chi connectivity index (χ1n) is 5.64. The number of Topliss-reactive ketones (excluding diaryl/α,β-unsaturated/α-hetero) is 1. The number of hydrogen-bond acceptors (Lipinski definition) is 2. The van der Waals surface area contributed by atoms with Gasteiger partial charge in [0, 0.05) is 0 Å². The highest BCUT2D eigenvalue weighted by Gasteiger charge is 2.21. The summed E-state index contributed by atoms with van der Waals surface area (Å²) in [5, 5.41) is 2.62. The maximum absolute atomic E-state index is 12.0. The van der Waals surface area contributed by atoms with Crippen LogP contribution in [0.15, 0.2) is 36.4 Å². The average Bonchev–Trinajstić information content (AvgIpc) is 2.59. The molecule has 0 unspecified atom stereocenters. The molecule has 0 spiro atoms. The normalized spacial score (nSPS) is 10.4. The van der Waals surface area contributed by atoms with E-state index in [0.29, 0.717) is 11.3 Å². The number of halogens is 2. The maximum Gasteiger partial charge on any atom is 0.239 e. The van der Waals surface area contributed by atoms with Crippen LogP contribution in [0.5, 0.6) is 0 Å². The van der Waals surface area contributed by atoms with Crippen molar-refractivity contribution in [2.45, 2.75) is 0 Å². The van der Waals surface area contributed by atoms with Gasteiger partial charge in [0.2, 0.25) is 5.91 Å². The van der Waals surface area contributed by atoms with Crippen LogP contribution >= 0.6 is 23.2 Å². The zero-order valence-electron chi connectivity index (χ0n) is 9.95. The van der Waals surface area contributed by atoms with Crippen LogP contribution in [0.4, 0.5) is 5.69 Å². The van der Waals surface area contributed by atoms with Gasteiger partial charge in [-0.15, -0.1) is 23.2 Å². The summed E-state index contributed by atoms with van der Waals surface area (Å²) < 4.78 is 0. The van der Waals surface area contributed by atoms with Crippen molar-refractivity contribution in [2.75, 3.05) is 17.1 Å². The molecule has 1 N–H and O–H groups in total. The molecule has 0 saturated heterocycles. The van der Waals surface area contributed by atoms with Gasteiger partial charge in [0.25, 0.3) is 0 Å². The fourth-order valence-corrected chi connectivity index (χ4v) is 2.14. The fourth-order valence-electron chi connectivity index (χ4n) is 1.94. The summed E-state index contributed by atoms with van der Waals surface area (Å²) >= 11 is 11.1. The summed E-state index contributed by atoms with van der Waals surface area (Å²) in [4.78, 5) is 23.4. The Hall–Kier alpha value is -1.58. The van der Waals surface area contributed by atoms with E-state index in [1.807, 2.05) is 30.3 Å². The third kappa shape index (κ3) is 2.88. The summed E-state index contributed by atoms with van der Waals surface area (Å²) in [5.74, 6) is -0.886. The second-order valence-corrected chi connectivity index (χ2v) is 4.49. The van der Waals surface area contributed by atoms with Crippen LogP contribution < -0.4 is 5.32 Å². The van der Waals surface area contributed by atoms with E-state index < -0.39 is 0 Å². The van der Waals surface area contributed by atoms with E-state index in [1.165, 1.54) is 0 Å². The van der Waals surface area contributed by atoms with E-state index in [1.54, 1.807) is 6.07 Å². The summed E-state index contributed by atoms with van der Waals surface area (Å²) in [6.07, 6.45) is 0. The molecule has 2 aliphatic carbocycles. The Morgan fingerprint density at radius 2 is 1.79 bits per heavy atom. The first-order valence-corrected chi connectivity index (χ1v) is 6.71. The summed E-state index contributed by atoms with van der Waals surface area (Å²) in [7, 11) is 0. The van der Waals surface area contributed by atoms with Crippen LogP contribution in [-0.4, -0.2) is 23.5 Å². The monoisotopic (exact) mass is 295 g/mol. The van der Waals surface area contributed by atoms with Gasteiger partial charge in [0.05, 0.1) is 17.1 Å². The van der Waals surface area contributed by atoms with E-state index in [2.05, 4.69) is 5.32 Å². The van der Waals surface area contributed by atoms with Crippen LogP contribution in [0.1, 0.15) is 10.4 Å². The number of ketones is 1. The number of fused-ring (bicyclic) bond motifs is 1. The van der Waals surface area contributed by atoms with Crippen molar-refractivity contribution in [1.82, 2.24) is 0 Å². The molecule has 2 aliphatic rings. The van der Waals surface area contributed by atoms with Crippen molar-refractivity contribution < 1.29 is 9.59 Å². The lowest BCUT2D eigenvalue weighted by molar-refractivity contribution is -0.113. The lowest BCUT2D eigenvalue weighted by Crippen LogP contribution is -2.14. The molecule has 0 aromatic heterocycles. The lowest BCUT2D eigenvalue weighted by Gasteiger charge is -2.04. The van der Waals surface area contributed by atoms with Crippen molar-refractivity contribution in [2.24, 2.45) is 0 Å². The molecule has 0 heterocycles. The SMILES string of the molecule is O=C(CCl)Nc1cc2cccccc-2c1C(=O)CCl. The lowest BCUT2D eigenvalue weighted by atomic mass is 10.1. The minimum Gasteiger partial charge on any atom is -0.324 e. The predicted octanol–water partition coefficient (Wildman–Crippen LogP) is 3.39. The molecule has 19 heavy (non-hydrogen) atoms. The molecule has 5 heteroatoms. The Morgan fingerprint density at radius 3 is 2.47 bits per heavy atom. The molecule has 0 aromatic carbocycles. The zero-order chi connectivity index (χ0) is 13.8. The van der Waals surface area contributed by atoms with Gasteiger partial charge >= 0.3 is 0 Å². The van der Waals surface area contributed by atoms with Crippen molar-refractivity contribution in [3.63, 3.8) is 0 Å². The van der Waals surface area contributed by atoms with Crippen LogP contribution in [-0.2, 0) is 4.79 Å². The number of carbonyl (C=O) groups excluding carboxylic acids is 2. The van der Waals surface area contributed by atoms with E-state index >= 15 is 0 Å². The minimum atomic E-state index is -0.357. The molecule has 3 nitrogen and oxygen atoms in total. The van der Waals surface area contributed by atoms with Gasteiger partial charge in [-0.1, -0.05) is 30.3 Å². The molecule has 0 aromatic rings. The van der Waals surface area contributed by atoms with Crippen molar-refractivity contribution in [3.8, 4) is 11.1 Å². The van der Waals surface area contributed by atoms with Crippen molar-refractivity contribution in [3.05, 3.63) is 42.0 Å². The van der Waals surface area contributed by atoms with Crippen LogP contribution in [0.25, 0.3) is 11.1 Å². The summed E-state index contributed by atoms with van der Waals surface area (Å²) in [6, 6.07) is 11.0. The number of carbonyl (C=O) groups is 2. The average molecular weight is 296 g/mol. The molecule has 0 aliphatic heterocycles. The highest BCUT2D eigenvalue weighted by Crippen LogP contribution is 2.35. The Balaban J connectivity index is 2.58. The highest BCUT2D eigenvalue weighted by molar-refractivity contribution is 6.33. The number of hydrogen-bond donors (Lipinski definition) is 1. The third-order valence-electron chi connectivity index (χ3n) is 2.71. The van der Waals surface area contributed by atoms with E-state index in [0.717, 1.165) is 11.1 Å². The summed E-state index contributed by atoms with van der Waals surface area (Å²) in [5.41, 5.74) is 2.51. The number of alkyl halides is 2. The fraction of sp³-hybridized carbons (Fsp3) is 0.143. The van der Waals surface area contributed by atoms with Crippen LogP contribution in [0.2, 0.25) is 0 Å². The first-order chi connectivity index (χ1) is 9.17. The van der Waals surface area contributed by atoms with Gasteiger partial charge in [-0.2, -0.15) is 0 Å². The van der Waals surface area contributed by atoms with Gasteiger partial charge < -0.3 is 5.32 Å². The molecule has 2 rings (SSSR count). The maximum atomic E-state index is 12.0. The standard InChI is InChI=1S/C14H11Cl2NO2/c15-7-12(18)14-10-5-3-1-2-4-9(10)6-11(14)17-13(19)8-16/h1-6H,7-8H2,(H,17,19). The van der Waals surface area contributed by atoms with Crippen LogP contribution in [0.3, 0.4) is 0 Å². The van der Waals surface area contributed by atoms with Gasteiger partial charge in [0.1, 0.15) is 5.88 Å². The minimum absolute atomic E-state index is 0.137. The molecule has 98 valence electrons. The Labute approximate surface area is 120 Å². The Bertz CT molecular complexity index is 598. The smallest absolute Gasteiger partial charge is 0.239 e. The van der Waals surface area contributed by atoms with E-state index in [-0.39, 0.29) is 23.5 Å². The van der Waals surface area contributed by atoms with E-state index in [4.69, 9.17) is 23.2 Å². The van der Waals surface area contributed by atoms with E-state index in [9.17, 15) is 9.59 Å². The molecule has 0 bridgehead atoms. The molecular formula is C14H11Cl2NO2. The van der Waals surface area contributed by atoms with Gasteiger partial charge in [-0.25, -0.2) is 0 Å². The molecule has 0 atom stereocenters. The largest absolute Gasteiger partial charge is 0.324 e. The first kappa shape index (κ1) is 13.8.